The van der Waals surface area contributed by atoms with Crippen molar-refractivity contribution in [2.45, 2.75) is 0 Å². The van der Waals surface area contributed by atoms with Gasteiger partial charge in [-0.05, 0) is 0 Å². The average molecular weight is 165 g/mol. The second-order valence-corrected chi connectivity index (χ2v) is 1.83. The number of hydrogen-bond acceptors (Lipinski definition) is 2. The third kappa shape index (κ3) is 1.71. The molecule has 0 spiro atoms. The van der Waals surface area contributed by atoms with Crippen LogP contribution in [0.5, 0.6) is 0 Å². The minimum absolute atomic E-state index is 0. The van der Waals surface area contributed by atoms with Crippen LogP contribution in [0.25, 0.3) is 0 Å². The Labute approximate surface area is 60.0 Å². The molecule has 0 unspecified atom stereocenters. The van der Waals surface area contributed by atoms with Crippen LogP contribution >= 0.6 is 11.6 Å². The van der Waals surface area contributed by atoms with Crippen molar-refractivity contribution in [2.24, 2.45) is 0 Å². The standard InChI is InChI=1S/C4H3ClN2O2.H2O/c5-2-1-6-4(9)7-3(2)8;/h1H,(H2,6,7,8,9);1H2. The molecule has 6 heteroatoms. The number of H-pyrrole nitrogens is 2. The van der Waals surface area contributed by atoms with E-state index in [1.165, 1.54) is 0 Å². The van der Waals surface area contributed by atoms with Gasteiger partial charge in [0.15, 0.2) is 0 Å². The molecule has 0 amide bonds. The minimum atomic E-state index is -0.569. The van der Waals surface area contributed by atoms with Crippen LogP contribution in [0.3, 0.4) is 0 Å². The fourth-order valence-electron chi connectivity index (χ4n) is 0.393. The molecule has 0 aliphatic carbocycles. The first-order valence-corrected chi connectivity index (χ1v) is 2.55. The van der Waals surface area contributed by atoms with Gasteiger partial charge in [-0.1, -0.05) is 11.6 Å². The second-order valence-electron chi connectivity index (χ2n) is 1.42. The van der Waals surface area contributed by atoms with Crippen LogP contribution in [0.15, 0.2) is 15.8 Å². The number of rotatable bonds is 0. The average Bonchev–Trinajstić information content (AvgIpc) is 1.80. The van der Waals surface area contributed by atoms with Crippen molar-refractivity contribution in [1.29, 1.82) is 0 Å². The largest absolute Gasteiger partial charge is 0.412 e. The molecule has 0 aromatic carbocycles. The number of hydrogen-bond donors (Lipinski definition) is 2. The molecule has 1 aromatic rings. The third-order valence-corrected chi connectivity index (χ3v) is 1.05. The summed E-state index contributed by atoms with van der Waals surface area (Å²) >= 11 is 5.27. The highest BCUT2D eigenvalue weighted by Crippen LogP contribution is 1.90. The van der Waals surface area contributed by atoms with Gasteiger partial charge in [0.2, 0.25) is 0 Å². The lowest BCUT2D eigenvalue weighted by molar-refractivity contribution is 0.824. The molecule has 0 radical (unpaired) electrons. The van der Waals surface area contributed by atoms with E-state index in [0.717, 1.165) is 6.20 Å². The lowest BCUT2D eigenvalue weighted by atomic mass is 10.7. The van der Waals surface area contributed by atoms with Crippen LogP contribution in [-0.4, -0.2) is 15.4 Å². The van der Waals surface area contributed by atoms with E-state index < -0.39 is 11.2 Å². The fraction of sp³-hybridized carbons (Fsp3) is 0. The first kappa shape index (κ1) is 8.93. The highest BCUT2D eigenvalue weighted by molar-refractivity contribution is 6.30. The molecule has 1 heterocycles. The van der Waals surface area contributed by atoms with Gasteiger partial charge in [0, 0.05) is 6.20 Å². The van der Waals surface area contributed by atoms with E-state index in [0.29, 0.717) is 0 Å². The summed E-state index contributed by atoms with van der Waals surface area (Å²) in [4.78, 5) is 24.8. The van der Waals surface area contributed by atoms with Gasteiger partial charge in [-0.15, -0.1) is 0 Å². The van der Waals surface area contributed by atoms with E-state index in [-0.39, 0.29) is 10.5 Å². The fourth-order valence-corrected chi connectivity index (χ4v) is 0.495. The summed E-state index contributed by atoms with van der Waals surface area (Å²) in [7, 11) is 0. The number of aromatic nitrogens is 2. The smallest absolute Gasteiger partial charge is 0.325 e. The van der Waals surface area contributed by atoms with Gasteiger partial charge in [0.05, 0.1) is 0 Å². The molecule has 0 saturated heterocycles. The molecular formula is C4H5ClN2O3. The van der Waals surface area contributed by atoms with Crippen LogP contribution in [0, 0.1) is 0 Å². The van der Waals surface area contributed by atoms with Crippen LogP contribution in [-0.2, 0) is 0 Å². The van der Waals surface area contributed by atoms with Crippen molar-refractivity contribution in [3.63, 3.8) is 0 Å². The Kier molecular flexibility index (Phi) is 2.85. The summed E-state index contributed by atoms with van der Waals surface area (Å²) < 4.78 is 0. The minimum Gasteiger partial charge on any atom is -0.412 e. The molecule has 10 heavy (non-hydrogen) atoms. The Morgan fingerprint density at radius 1 is 1.40 bits per heavy atom. The normalized spacial score (nSPS) is 8.50. The van der Waals surface area contributed by atoms with Crippen molar-refractivity contribution in [1.82, 2.24) is 9.97 Å². The molecular weight excluding hydrogens is 160 g/mol. The van der Waals surface area contributed by atoms with E-state index in [4.69, 9.17) is 11.6 Å². The van der Waals surface area contributed by atoms with Crippen molar-refractivity contribution in [2.75, 3.05) is 0 Å². The molecule has 1 rings (SSSR count). The van der Waals surface area contributed by atoms with Crippen LogP contribution in [0.4, 0.5) is 0 Å². The maximum atomic E-state index is 10.4. The molecule has 4 N–H and O–H groups in total. The molecule has 0 aliphatic heterocycles. The van der Waals surface area contributed by atoms with Crippen LogP contribution in [0.1, 0.15) is 0 Å². The quantitative estimate of drug-likeness (QED) is 0.509. The Morgan fingerprint density at radius 2 is 2.00 bits per heavy atom. The van der Waals surface area contributed by atoms with Crippen molar-refractivity contribution in [3.05, 3.63) is 32.1 Å². The van der Waals surface area contributed by atoms with Gasteiger partial charge >= 0.3 is 5.69 Å². The van der Waals surface area contributed by atoms with Crippen LogP contribution < -0.4 is 11.2 Å². The number of halogens is 1. The molecule has 0 fully saturated rings. The highest BCUT2D eigenvalue weighted by atomic mass is 35.5. The third-order valence-electron chi connectivity index (χ3n) is 0.774. The van der Waals surface area contributed by atoms with Crippen molar-refractivity contribution in [3.8, 4) is 0 Å². The zero-order valence-corrected chi connectivity index (χ0v) is 5.53. The van der Waals surface area contributed by atoms with E-state index in [1.807, 2.05) is 4.98 Å². The molecule has 5 nitrogen and oxygen atoms in total. The first-order valence-electron chi connectivity index (χ1n) is 2.17. The summed E-state index contributed by atoms with van der Waals surface area (Å²) in [5, 5.41) is -0.0189. The Morgan fingerprint density at radius 3 is 2.40 bits per heavy atom. The van der Waals surface area contributed by atoms with Crippen molar-refractivity contribution >= 4 is 11.6 Å². The summed E-state index contributed by atoms with van der Waals surface area (Å²) in [5.41, 5.74) is -1.12. The number of nitrogens with one attached hydrogen (secondary N) is 2. The highest BCUT2D eigenvalue weighted by Gasteiger charge is 1.91. The first-order chi connectivity index (χ1) is 4.20. The Balaban J connectivity index is 0.000000810. The number of aromatic amines is 2. The van der Waals surface area contributed by atoms with Gasteiger partial charge < -0.3 is 10.5 Å². The van der Waals surface area contributed by atoms with Gasteiger partial charge in [0.25, 0.3) is 5.56 Å². The van der Waals surface area contributed by atoms with Gasteiger partial charge in [-0.3, -0.25) is 9.78 Å². The van der Waals surface area contributed by atoms with E-state index in [1.54, 1.807) is 0 Å². The van der Waals surface area contributed by atoms with Gasteiger partial charge in [-0.2, -0.15) is 0 Å². The van der Waals surface area contributed by atoms with Crippen molar-refractivity contribution < 1.29 is 5.48 Å². The van der Waals surface area contributed by atoms with Gasteiger partial charge in [-0.25, -0.2) is 4.79 Å². The maximum Gasteiger partial charge on any atom is 0.325 e. The lowest BCUT2D eigenvalue weighted by Crippen LogP contribution is -2.20. The molecule has 56 valence electrons. The Bertz CT molecular complexity index is 315. The molecule has 0 aliphatic rings. The van der Waals surface area contributed by atoms with Gasteiger partial charge in [0.1, 0.15) is 5.02 Å². The predicted molar refractivity (Wildman–Crippen MR) is 36.3 cm³/mol. The summed E-state index contributed by atoms with van der Waals surface area (Å²) in [6.07, 6.45) is 1.14. The molecule has 0 bridgehead atoms. The summed E-state index contributed by atoms with van der Waals surface area (Å²) in [6.45, 7) is 0. The van der Waals surface area contributed by atoms with E-state index in [2.05, 4.69) is 4.98 Å². The van der Waals surface area contributed by atoms with Crippen LogP contribution in [0.2, 0.25) is 5.02 Å². The zero-order chi connectivity index (χ0) is 6.85. The summed E-state index contributed by atoms with van der Waals surface area (Å²) in [6, 6.07) is 0. The van der Waals surface area contributed by atoms with E-state index >= 15 is 0 Å². The topological polar surface area (TPSA) is 97.2 Å². The zero-order valence-electron chi connectivity index (χ0n) is 4.77. The lowest BCUT2D eigenvalue weighted by Gasteiger charge is -1.82. The predicted octanol–water partition coefficient (Wildman–Crippen LogP) is -1.11. The molecule has 0 saturated carbocycles. The Hall–Kier alpha value is -1.07. The maximum absolute atomic E-state index is 10.4. The molecule has 0 atom stereocenters. The SMILES string of the molecule is O.O=c1[nH]cc(Cl)c(=O)[nH]1. The molecule has 1 aromatic heterocycles. The van der Waals surface area contributed by atoms with E-state index in [9.17, 15) is 9.59 Å². The second kappa shape index (κ2) is 3.19. The monoisotopic (exact) mass is 164 g/mol. The summed E-state index contributed by atoms with van der Waals surface area (Å²) in [5.74, 6) is 0.